The summed E-state index contributed by atoms with van der Waals surface area (Å²) in [5, 5.41) is 13.2. The fourth-order valence-corrected chi connectivity index (χ4v) is 4.05. The molecule has 1 N–H and O–H groups in total. The zero-order valence-electron chi connectivity index (χ0n) is 17.0. The molecule has 0 aliphatic rings. The molecule has 6 heteroatoms. The topological polar surface area (TPSA) is 64.1 Å². The summed E-state index contributed by atoms with van der Waals surface area (Å²) >= 11 is 1.62. The van der Waals surface area contributed by atoms with E-state index in [4.69, 9.17) is 4.74 Å². The van der Waals surface area contributed by atoms with Gasteiger partial charge in [-0.3, -0.25) is 4.79 Å². The molecule has 4 aromatic rings. The molecule has 0 saturated heterocycles. The number of benzene rings is 2. The average molecular weight is 430 g/mol. The fourth-order valence-electron chi connectivity index (χ4n) is 3.36. The Morgan fingerprint density at radius 1 is 0.871 bits per heavy atom. The van der Waals surface area contributed by atoms with Crippen LogP contribution in [0.2, 0.25) is 0 Å². The molecule has 156 valence electrons. The van der Waals surface area contributed by atoms with E-state index < -0.39 is 0 Å². The van der Waals surface area contributed by atoms with Crippen molar-refractivity contribution in [3.63, 3.8) is 0 Å². The number of ether oxygens (including phenoxy) is 1. The third-order valence-electron chi connectivity index (χ3n) is 4.88. The molecule has 31 heavy (non-hydrogen) atoms. The molecule has 0 spiro atoms. The van der Waals surface area contributed by atoms with Crippen LogP contribution in [0.4, 0.5) is 0 Å². The number of carbonyl (C=O) groups excluding carboxylic acids is 1. The third-order valence-corrected chi connectivity index (χ3v) is 5.77. The molecule has 2 heterocycles. The summed E-state index contributed by atoms with van der Waals surface area (Å²) < 4.78 is 5.62. The molecular formula is C25H23N3O2S. The van der Waals surface area contributed by atoms with Crippen LogP contribution in [0.3, 0.4) is 0 Å². The van der Waals surface area contributed by atoms with Gasteiger partial charge >= 0.3 is 0 Å². The highest BCUT2D eigenvalue weighted by Gasteiger charge is 2.17. The smallest absolute Gasteiger partial charge is 0.233 e. The molecule has 5 nitrogen and oxygen atoms in total. The van der Waals surface area contributed by atoms with E-state index in [-0.39, 0.29) is 11.8 Å². The average Bonchev–Trinajstić information content (AvgIpc) is 3.37. The van der Waals surface area contributed by atoms with Crippen LogP contribution in [-0.4, -0.2) is 29.3 Å². The zero-order valence-corrected chi connectivity index (χ0v) is 17.8. The van der Waals surface area contributed by atoms with Crippen molar-refractivity contribution in [3.8, 4) is 16.5 Å². The first-order chi connectivity index (χ1) is 15.3. The maximum absolute atomic E-state index is 12.6. The standard InChI is InChI=1S/C25H23N3O2S/c29-24(18-21(19-8-3-1-4-9-19)20-10-5-2-6-11-20)26-15-16-30-25-14-13-22(27-28-25)23-12-7-17-31-23/h1-14,17,21H,15-16,18H2,(H,26,29). The Labute approximate surface area is 185 Å². The Morgan fingerprint density at radius 2 is 1.58 bits per heavy atom. The first kappa shape index (κ1) is 20.8. The molecule has 0 saturated carbocycles. The minimum absolute atomic E-state index is 0.0129. The van der Waals surface area contributed by atoms with Crippen molar-refractivity contribution in [1.82, 2.24) is 15.5 Å². The van der Waals surface area contributed by atoms with Crippen molar-refractivity contribution < 1.29 is 9.53 Å². The predicted octanol–water partition coefficient (Wildman–Crippen LogP) is 4.92. The highest BCUT2D eigenvalue weighted by molar-refractivity contribution is 7.13. The number of rotatable bonds is 9. The van der Waals surface area contributed by atoms with Gasteiger partial charge in [-0.2, -0.15) is 0 Å². The van der Waals surface area contributed by atoms with Crippen molar-refractivity contribution in [2.45, 2.75) is 12.3 Å². The van der Waals surface area contributed by atoms with Gasteiger partial charge in [-0.05, 0) is 28.6 Å². The van der Waals surface area contributed by atoms with E-state index in [0.29, 0.717) is 25.5 Å². The van der Waals surface area contributed by atoms with Crippen molar-refractivity contribution >= 4 is 17.2 Å². The molecule has 0 atom stereocenters. The van der Waals surface area contributed by atoms with Gasteiger partial charge in [0, 0.05) is 18.4 Å². The summed E-state index contributed by atoms with van der Waals surface area (Å²) in [6.45, 7) is 0.740. The van der Waals surface area contributed by atoms with Crippen LogP contribution in [0.5, 0.6) is 5.88 Å². The second kappa shape index (κ2) is 10.5. The van der Waals surface area contributed by atoms with Crippen molar-refractivity contribution in [3.05, 3.63) is 101 Å². The van der Waals surface area contributed by atoms with Gasteiger partial charge in [0.1, 0.15) is 12.3 Å². The number of thiophene rings is 1. The number of hydrogen-bond donors (Lipinski definition) is 1. The molecule has 0 fully saturated rings. The van der Waals surface area contributed by atoms with Gasteiger partial charge in [0.25, 0.3) is 0 Å². The lowest BCUT2D eigenvalue weighted by molar-refractivity contribution is -0.121. The van der Waals surface area contributed by atoms with E-state index in [2.05, 4.69) is 39.8 Å². The number of nitrogens with zero attached hydrogens (tertiary/aromatic N) is 2. The summed E-state index contributed by atoms with van der Waals surface area (Å²) in [6, 6.07) is 27.9. The maximum Gasteiger partial charge on any atom is 0.233 e. The van der Waals surface area contributed by atoms with Crippen LogP contribution in [0, 0.1) is 0 Å². The van der Waals surface area contributed by atoms with Crippen LogP contribution in [0.15, 0.2) is 90.3 Å². The lowest BCUT2D eigenvalue weighted by Crippen LogP contribution is -2.29. The van der Waals surface area contributed by atoms with Gasteiger partial charge < -0.3 is 10.1 Å². The Hall–Kier alpha value is -3.51. The highest BCUT2D eigenvalue weighted by atomic mass is 32.1. The molecule has 0 aliphatic heterocycles. The van der Waals surface area contributed by atoms with Crippen molar-refractivity contribution in [2.75, 3.05) is 13.2 Å². The third kappa shape index (κ3) is 5.77. The van der Waals surface area contributed by atoms with Gasteiger partial charge in [-0.25, -0.2) is 0 Å². The lowest BCUT2D eigenvalue weighted by Gasteiger charge is -2.18. The van der Waals surface area contributed by atoms with Gasteiger partial charge in [0.15, 0.2) is 0 Å². The summed E-state index contributed by atoms with van der Waals surface area (Å²) in [5.41, 5.74) is 3.07. The van der Waals surface area contributed by atoms with Crippen molar-refractivity contribution in [2.24, 2.45) is 0 Å². The normalized spacial score (nSPS) is 10.7. The Balaban J connectivity index is 1.28. The predicted molar refractivity (Wildman–Crippen MR) is 123 cm³/mol. The van der Waals surface area contributed by atoms with Gasteiger partial charge in [-0.1, -0.05) is 66.7 Å². The molecule has 4 rings (SSSR count). The van der Waals surface area contributed by atoms with Gasteiger partial charge in [0.2, 0.25) is 11.8 Å². The van der Waals surface area contributed by atoms with Gasteiger partial charge in [0.05, 0.1) is 11.4 Å². The highest BCUT2D eigenvalue weighted by Crippen LogP contribution is 2.27. The number of carbonyl (C=O) groups is 1. The Bertz CT molecular complexity index is 1030. The molecule has 0 unspecified atom stereocenters. The molecule has 0 bridgehead atoms. The monoisotopic (exact) mass is 429 g/mol. The van der Waals surface area contributed by atoms with E-state index in [9.17, 15) is 4.79 Å². The van der Waals surface area contributed by atoms with E-state index in [0.717, 1.165) is 21.7 Å². The molecule has 2 aromatic heterocycles. The Kier molecular flexibility index (Phi) is 7.03. The number of aromatic nitrogens is 2. The van der Waals surface area contributed by atoms with Crippen LogP contribution in [-0.2, 0) is 4.79 Å². The number of nitrogens with one attached hydrogen (secondary N) is 1. The number of amides is 1. The molecular weight excluding hydrogens is 406 g/mol. The second-order valence-electron chi connectivity index (χ2n) is 7.01. The quantitative estimate of drug-likeness (QED) is 0.384. The fraction of sp³-hybridized carbons (Fsp3) is 0.160. The molecule has 0 radical (unpaired) electrons. The maximum atomic E-state index is 12.6. The van der Waals surface area contributed by atoms with Gasteiger partial charge in [-0.15, -0.1) is 21.5 Å². The Morgan fingerprint density at radius 3 is 2.16 bits per heavy atom. The van der Waals surface area contributed by atoms with Crippen LogP contribution in [0.1, 0.15) is 23.5 Å². The summed E-state index contributed by atoms with van der Waals surface area (Å²) in [5.74, 6) is 0.445. The number of hydrogen-bond acceptors (Lipinski definition) is 5. The van der Waals surface area contributed by atoms with Crippen molar-refractivity contribution in [1.29, 1.82) is 0 Å². The largest absolute Gasteiger partial charge is 0.475 e. The van der Waals surface area contributed by atoms with Crippen LogP contribution < -0.4 is 10.1 Å². The molecule has 2 aromatic carbocycles. The minimum atomic E-state index is -0.0135. The summed E-state index contributed by atoms with van der Waals surface area (Å²) in [7, 11) is 0. The first-order valence-corrected chi connectivity index (χ1v) is 11.0. The lowest BCUT2D eigenvalue weighted by atomic mass is 9.88. The SMILES string of the molecule is O=C(CC(c1ccccc1)c1ccccc1)NCCOc1ccc(-c2cccs2)nn1. The van der Waals surface area contributed by atoms with E-state index in [1.54, 1.807) is 17.4 Å². The van der Waals surface area contributed by atoms with Crippen LogP contribution >= 0.6 is 11.3 Å². The first-order valence-electron chi connectivity index (χ1n) is 10.2. The zero-order chi connectivity index (χ0) is 21.3. The molecule has 0 aliphatic carbocycles. The van der Waals surface area contributed by atoms with E-state index in [1.807, 2.05) is 60.0 Å². The van der Waals surface area contributed by atoms with Crippen LogP contribution in [0.25, 0.3) is 10.6 Å². The van der Waals surface area contributed by atoms with E-state index >= 15 is 0 Å². The second-order valence-corrected chi connectivity index (χ2v) is 7.96. The summed E-state index contributed by atoms with van der Waals surface area (Å²) in [6.07, 6.45) is 0.378. The molecule has 1 amide bonds. The van der Waals surface area contributed by atoms with E-state index in [1.165, 1.54) is 0 Å². The minimum Gasteiger partial charge on any atom is -0.475 e. The summed E-state index contributed by atoms with van der Waals surface area (Å²) in [4.78, 5) is 13.7.